The Bertz CT molecular complexity index is 2420. The summed E-state index contributed by atoms with van der Waals surface area (Å²) in [6.45, 7) is 0. The first-order valence-electron chi connectivity index (χ1n) is 14.6. The molecule has 0 atom stereocenters. The van der Waals surface area contributed by atoms with E-state index in [9.17, 15) is 0 Å². The average molecular weight is 565 g/mol. The van der Waals surface area contributed by atoms with Crippen molar-refractivity contribution in [1.82, 2.24) is 29.1 Å². The summed E-state index contributed by atoms with van der Waals surface area (Å²) in [6.07, 6.45) is 3.82. The third-order valence-electron chi connectivity index (χ3n) is 8.23. The topological polar surface area (TPSA) is 61.4 Å². The summed E-state index contributed by atoms with van der Waals surface area (Å²) in [5, 5.41) is 3.19. The largest absolute Gasteiger partial charge is 0.308 e. The molecule has 6 nitrogen and oxygen atoms in total. The Morgan fingerprint density at radius 3 is 1.82 bits per heavy atom. The maximum atomic E-state index is 5.15. The van der Waals surface area contributed by atoms with Gasteiger partial charge in [0.1, 0.15) is 5.52 Å². The van der Waals surface area contributed by atoms with Gasteiger partial charge in [0, 0.05) is 40.0 Å². The molecule has 0 spiro atoms. The molecule has 5 heterocycles. The zero-order chi connectivity index (χ0) is 29.0. The quantitative estimate of drug-likeness (QED) is 0.214. The Morgan fingerprint density at radius 1 is 0.500 bits per heavy atom. The molecule has 0 aliphatic carbocycles. The molecule has 0 radical (unpaired) electrons. The number of para-hydroxylation sites is 2. The van der Waals surface area contributed by atoms with Gasteiger partial charge in [0.2, 0.25) is 5.95 Å². The molecule has 44 heavy (non-hydrogen) atoms. The van der Waals surface area contributed by atoms with Crippen LogP contribution in [0.4, 0.5) is 0 Å². The Balaban J connectivity index is 1.43. The number of benzene rings is 4. The van der Waals surface area contributed by atoms with Crippen LogP contribution in [0, 0.1) is 0 Å². The van der Waals surface area contributed by atoms with Crippen LogP contribution in [0.3, 0.4) is 0 Å². The van der Waals surface area contributed by atoms with E-state index in [1.807, 2.05) is 60.9 Å². The fourth-order valence-corrected chi connectivity index (χ4v) is 6.31. The Labute approximate surface area is 252 Å². The van der Waals surface area contributed by atoms with Crippen LogP contribution in [0.5, 0.6) is 0 Å². The van der Waals surface area contributed by atoms with Crippen LogP contribution in [0.15, 0.2) is 146 Å². The third-order valence-corrected chi connectivity index (χ3v) is 8.23. The molecule has 0 unspecified atom stereocenters. The zero-order valence-corrected chi connectivity index (χ0v) is 23.5. The molecule has 0 aliphatic heterocycles. The van der Waals surface area contributed by atoms with E-state index in [1.165, 1.54) is 0 Å². The van der Waals surface area contributed by atoms with Crippen molar-refractivity contribution < 1.29 is 0 Å². The van der Waals surface area contributed by atoms with Gasteiger partial charge in [-0.25, -0.2) is 15.0 Å². The third kappa shape index (κ3) is 3.68. The number of fused-ring (bicyclic) bond motifs is 7. The van der Waals surface area contributed by atoms with E-state index in [-0.39, 0.29) is 0 Å². The number of nitrogens with zero attached hydrogens (tertiary/aromatic N) is 6. The molecule has 4 aromatic carbocycles. The maximum absolute atomic E-state index is 5.15. The Hall–Kier alpha value is -6.14. The summed E-state index contributed by atoms with van der Waals surface area (Å²) < 4.78 is 4.38. The van der Waals surface area contributed by atoms with Gasteiger partial charge in [-0.1, -0.05) is 97.1 Å². The van der Waals surface area contributed by atoms with E-state index < -0.39 is 0 Å². The highest BCUT2D eigenvalue weighted by Crippen LogP contribution is 2.40. The smallest absolute Gasteiger partial charge is 0.237 e. The second-order valence-electron chi connectivity index (χ2n) is 10.8. The second kappa shape index (κ2) is 9.71. The van der Waals surface area contributed by atoms with Crippen molar-refractivity contribution in [2.45, 2.75) is 0 Å². The zero-order valence-electron chi connectivity index (χ0n) is 23.5. The Morgan fingerprint density at radius 2 is 1.11 bits per heavy atom. The van der Waals surface area contributed by atoms with Gasteiger partial charge in [-0.05, 0) is 36.4 Å². The summed E-state index contributed by atoms with van der Waals surface area (Å²) in [4.78, 5) is 20.4. The SMILES string of the molecule is c1ccc(-c2cc(-c3ccccc3)nc(-n3c4cccnc4c4c3ncc3c5ccccc5n(-c5ccccc5)c34)n2)cc1. The number of rotatable bonds is 4. The number of hydrogen-bond donors (Lipinski definition) is 0. The van der Waals surface area contributed by atoms with Crippen LogP contribution >= 0.6 is 0 Å². The van der Waals surface area contributed by atoms with Crippen molar-refractivity contribution >= 4 is 43.9 Å². The second-order valence-corrected chi connectivity index (χ2v) is 10.8. The van der Waals surface area contributed by atoms with Gasteiger partial charge in [0.15, 0.2) is 5.65 Å². The monoisotopic (exact) mass is 564 g/mol. The molecule has 0 aliphatic rings. The molecule has 0 bridgehead atoms. The summed E-state index contributed by atoms with van der Waals surface area (Å²) >= 11 is 0. The molecule has 9 rings (SSSR count). The number of hydrogen-bond acceptors (Lipinski definition) is 4. The highest BCUT2D eigenvalue weighted by Gasteiger charge is 2.24. The van der Waals surface area contributed by atoms with Crippen LogP contribution in [-0.2, 0) is 0 Å². The minimum Gasteiger partial charge on any atom is -0.308 e. The van der Waals surface area contributed by atoms with Crippen molar-refractivity contribution in [2.24, 2.45) is 0 Å². The van der Waals surface area contributed by atoms with Gasteiger partial charge in [0.05, 0.1) is 33.3 Å². The van der Waals surface area contributed by atoms with Crippen molar-refractivity contribution in [3.8, 4) is 34.2 Å². The first-order chi connectivity index (χ1) is 21.8. The Kier molecular flexibility index (Phi) is 5.40. The summed E-state index contributed by atoms with van der Waals surface area (Å²) in [5.41, 5.74) is 9.50. The fraction of sp³-hybridized carbons (Fsp3) is 0. The lowest BCUT2D eigenvalue weighted by atomic mass is 10.1. The first-order valence-corrected chi connectivity index (χ1v) is 14.6. The molecule has 0 saturated carbocycles. The maximum Gasteiger partial charge on any atom is 0.237 e. The fourth-order valence-electron chi connectivity index (χ4n) is 6.31. The summed E-state index contributed by atoms with van der Waals surface area (Å²) in [7, 11) is 0. The highest BCUT2D eigenvalue weighted by atomic mass is 15.2. The predicted molar refractivity (Wildman–Crippen MR) is 177 cm³/mol. The molecule has 206 valence electrons. The standard InChI is InChI=1S/C38H24N6/c1-4-13-25(14-5-1)30-23-31(26-15-6-2-7-16-26)42-38(41-30)44-33-21-12-22-39-35(33)34-36-29(24-40-37(34)44)28-19-10-11-20-32(28)43(36)27-17-8-3-9-18-27/h1-24H. The highest BCUT2D eigenvalue weighted by molar-refractivity contribution is 6.24. The van der Waals surface area contributed by atoms with Gasteiger partial charge in [-0.15, -0.1) is 0 Å². The molecule has 0 N–H and O–H groups in total. The van der Waals surface area contributed by atoms with Gasteiger partial charge in [-0.2, -0.15) is 0 Å². The van der Waals surface area contributed by atoms with Crippen LogP contribution in [0.25, 0.3) is 78.0 Å². The van der Waals surface area contributed by atoms with Crippen molar-refractivity contribution in [2.75, 3.05) is 0 Å². The molecular formula is C38H24N6. The molecule has 9 aromatic rings. The van der Waals surface area contributed by atoms with E-state index in [4.69, 9.17) is 19.9 Å². The first kappa shape index (κ1) is 24.5. The van der Waals surface area contributed by atoms with Crippen molar-refractivity contribution in [3.05, 3.63) is 146 Å². The van der Waals surface area contributed by atoms with Crippen molar-refractivity contribution in [3.63, 3.8) is 0 Å². The van der Waals surface area contributed by atoms with Crippen LogP contribution < -0.4 is 0 Å². The van der Waals surface area contributed by atoms with Gasteiger partial charge < -0.3 is 4.57 Å². The van der Waals surface area contributed by atoms with Crippen LogP contribution in [-0.4, -0.2) is 29.1 Å². The molecule has 5 aromatic heterocycles. The molecule has 6 heteroatoms. The van der Waals surface area contributed by atoms with E-state index >= 15 is 0 Å². The predicted octanol–water partition coefficient (Wildman–Crippen LogP) is 8.79. The molecule has 0 saturated heterocycles. The van der Waals surface area contributed by atoms with E-state index in [1.54, 1.807) is 0 Å². The van der Waals surface area contributed by atoms with Gasteiger partial charge in [0.25, 0.3) is 0 Å². The molecular weight excluding hydrogens is 540 g/mol. The lowest BCUT2D eigenvalue weighted by molar-refractivity contribution is 0.981. The minimum absolute atomic E-state index is 0.549. The van der Waals surface area contributed by atoms with Gasteiger partial charge >= 0.3 is 0 Å². The van der Waals surface area contributed by atoms with E-state index in [0.29, 0.717) is 5.95 Å². The number of pyridine rings is 2. The lowest BCUT2D eigenvalue weighted by Crippen LogP contribution is -2.04. The van der Waals surface area contributed by atoms with Crippen molar-refractivity contribution in [1.29, 1.82) is 0 Å². The van der Waals surface area contributed by atoms with Crippen LogP contribution in [0.1, 0.15) is 0 Å². The van der Waals surface area contributed by atoms with E-state index in [2.05, 4.69) is 94.1 Å². The number of aromatic nitrogens is 6. The lowest BCUT2D eigenvalue weighted by Gasteiger charge is -2.11. The molecule has 0 fully saturated rings. The van der Waals surface area contributed by atoms with Crippen LogP contribution in [0.2, 0.25) is 0 Å². The molecule has 0 amide bonds. The normalized spacial score (nSPS) is 11.6. The summed E-state index contributed by atoms with van der Waals surface area (Å²) in [5.74, 6) is 0.549. The van der Waals surface area contributed by atoms with E-state index in [0.717, 1.165) is 72.1 Å². The van der Waals surface area contributed by atoms with Gasteiger partial charge in [-0.3, -0.25) is 9.55 Å². The minimum atomic E-state index is 0.549. The summed E-state index contributed by atoms with van der Waals surface area (Å²) in [6, 6.07) is 45.5. The average Bonchev–Trinajstić information content (AvgIpc) is 3.62.